The Morgan fingerprint density at radius 2 is 1.94 bits per heavy atom. The molecule has 1 aromatic carbocycles. The third kappa shape index (κ3) is 4.84. The van der Waals surface area contributed by atoms with Crippen molar-refractivity contribution in [3.8, 4) is 0 Å². The molecule has 166 valence electrons. The number of carbonyl (C=O) groups excluding carboxylic acids is 2. The summed E-state index contributed by atoms with van der Waals surface area (Å²) in [6, 6.07) is 3.59. The summed E-state index contributed by atoms with van der Waals surface area (Å²) in [7, 11) is 0. The number of thioether (sulfide) groups is 1. The first kappa shape index (κ1) is 23.4. The van der Waals surface area contributed by atoms with E-state index in [1.54, 1.807) is 30.1 Å². The molecule has 2 aromatic rings. The molecule has 2 atom stereocenters. The number of nitrogens with zero attached hydrogens (tertiary/aromatic N) is 3. The molecule has 1 aliphatic rings. The number of ketones is 1. The van der Waals surface area contributed by atoms with Gasteiger partial charge in [-0.05, 0) is 50.6 Å². The van der Waals surface area contributed by atoms with Gasteiger partial charge in [0.05, 0.1) is 16.1 Å². The molecular weight excluding hydrogens is 432 g/mol. The van der Waals surface area contributed by atoms with Crippen LogP contribution in [0.5, 0.6) is 0 Å². The molecule has 3 rings (SSSR count). The number of fused-ring (bicyclic) bond motifs is 1. The van der Waals surface area contributed by atoms with Gasteiger partial charge in [-0.25, -0.2) is 0 Å². The zero-order valence-electron chi connectivity index (χ0n) is 18.4. The van der Waals surface area contributed by atoms with E-state index in [1.165, 1.54) is 17.2 Å². The zero-order valence-corrected chi connectivity index (χ0v) is 20.0. The molecule has 1 aliphatic heterocycles. The molecule has 0 bridgehead atoms. The first-order valence-corrected chi connectivity index (χ1v) is 11.5. The number of halogens is 1. The molecule has 1 fully saturated rings. The molecule has 2 heterocycles. The fourth-order valence-electron chi connectivity index (χ4n) is 4.09. The Morgan fingerprint density at radius 3 is 2.58 bits per heavy atom. The molecule has 2 N–H and O–H groups in total. The second-order valence-corrected chi connectivity index (χ2v) is 9.46. The molecule has 0 saturated carbocycles. The van der Waals surface area contributed by atoms with Crippen molar-refractivity contribution in [2.24, 2.45) is 0 Å². The summed E-state index contributed by atoms with van der Waals surface area (Å²) in [5.41, 5.74) is 2.76. The van der Waals surface area contributed by atoms with Gasteiger partial charge in [0.1, 0.15) is 0 Å². The highest BCUT2D eigenvalue weighted by Gasteiger charge is 2.33. The van der Waals surface area contributed by atoms with E-state index in [9.17, 15) is 9.59 Å². The van der Waals surface area contributed by atoms with Crippen LogP contribution >= 0.6 is 23.4 Å². The van der Waals surface area contributed by atoms with Gasteiger partial charge in [-0.1, -0.05) is 23.8 Å². The summed E-state index contributed by atoms with van der Waals surface area (Å²) in [5, 5.41) is 4.89. The van der Waals surface area contributed by atoms with E-state index in [0.717, 1.165) is 13.1 Å². The second kappa shape index (κ2) is 9.51. The first-order valence-electron chi connectivity index (χ1n) is 10.2. The molecule has 31 heavy (non-hydrogen) atoms. The van der Waals surface area contributed by atoms with Crippen LogP contribution in [0.2, 0.25) is 5.02 Å². The fraction of sp³-hybridized carbons (Fsp3) is 0.391. The minimum absolute atomic E-state index is 0.0294. The number of rotatable bonds is 6. The van der Waals surface area contributed by atoms with Crippen LogP contribution in [0.15, 0.2) is 41.3 Å². The highest BCUT2D eigenvalue weighted by Crippen LogP contribution is 2.30. The van der Waals surface area contributed by atoms with Gasteiger partial charge in [0.25, 0.3) is 5.91 Å². The molecular formula is C23H29ClN4O2S. The van der Waals surface area contributed by atoms with E-state index < -0.39 is 0 Å². The van der Waals surface area contributed by atoms with Gasteiger partial charge in [-0.15, -0.1) is 11.8 Å². The molecule has 1 unspecified atom stereocenters. The number of hydrogen-bond acceptors (Lipinski definition) is 5. The summed E-state index contributed by atoms with van der Waals surface area (Å²) in [5.74, 6) is 5.74. The van der Waals surface area contributed by atoms with E-state index in [-0.39, 0.29) is 23.8 Å². The van der Waals surface area contributed by atoms with E-state index in [0.29, 0.717) is 33.6 Å². The average molecular weight is 461 g/mol. The molecule has 8 heteroatoms. The Kier molecular flexibility index (Phi) is 7.19. The number of amides is 1. The number of piperazine rings is 1. The maximum absolute atomic E-state index is 13.5. The van der Waals surface area contributed by atoms with Crippen LogP contribution in [-0.4, -0.2) is 57.9 Å². The third-order valence-electron chi connectivity index (χ3n) is 5.73. The number of nitrogens with two attached hydrogens (primary N) is 1. The van der Waals surface area contributed by atoms with Gasteiger partial charge >= 0.3 is 0 Å². The third-order valence-corrected chi connectivity index (χ3v) is 6.77. The number of aromatic nitrogens is 1. The van der Waals surface area contributed by atoms with Crippen LogP contribution in [0.1, 0.15) is 48.4 Å². The van der Waals surface area contributed by atoms with Crippen molar-refractivity contribution in [1.82, 2.24) is 14.5 Å². The Bertz CT molecular complexity index is 1060. The van der Waals surface area contributed by atoms with Gasteiger partial charge in [-0.2, -0.15) is 0 Å². The van der Waals surface area contributed by atoms with Crippen molar-refractivity contribution in [2.75, 3.05) is 25.5 Å². The Balaban J connectivity index is 1.85. The number of nitrogen functional groups attached to an aromatic ring is 1. The Hall–Kier alpha value is -2.22. The van der Waals surface area contributed by atoms with Crippen LogP contribution in [0.25, 0.3) is 10.9 Å². The lowest BCUT2D eigenvalue weighted by Gasteiger charge is -2.44. The predicted octanol–water partition coefficient (Wildman–Crippen LogP) is 4.53. The lowest BCUT2D eigenvalue weighted by Crippen LogP contribution is -2.58. The smallest absolute Gasteiger partial charge is 0.255 e. The molecule has 1 amide bonds. The van der Waals surface area contributed by atoms with Crippen molar-refractivity contribution in [1.29, 1.82) is 0 Å². The monoisotopic (exact) mass is 460 g/mol. The van der Waals surface area contributed by atoms with E-state index in [2.05, 4.69) is 37.7 Å². The van der Waals surface area contributed by atoms with Gasteiger partial charge in [-0.3, -0.25) is 19.2 Å². The number of benzene rings is 1. The molecule has 6 nitrogen and oxygen atoms in total. The molecule has 1 saturated heterocycles. The average Bonchev–Trinajstić information content (AvgIpc) is 3.03. The molecule has 0 radical (unpaired) electrons. The number of carbonyl (C=O) groups is 2. The number of hydrogen-bond donors (Lipinski definition) is 1. The van der Waals surface area contributed by atoms with Crippen LogP contribution < -0.4 is 5.84 Å². The Morgan fingerprint density at radius 1 is 1.23 bits per heavy atom. The summed E-state index contributed by atoms with van der Waals surface area (Å²) < 4.78 is 1.37. The lowest BCUT2D eigenvalue weighted by atomic mass is 10.0. The van der Waals surface area contributed by atoms with Crippen molar-refractivity contribution >= 4 is 46.0 Å². The van der Waals surface area contributed by atoms with Crippen molar-refractivity contribution in [3.05, 3.63) is 57.4 Å². The van der Waals surface area contributed by atoms with Gasteiger partial charge in [0.2, 0.25) is 0 Å². The van der Waals surface area contributed by atoms with Gasteiger partial charge < -0.3 is 10.7 Å². The van der Waals surface area contributed by atoms with Gasteiger partial charge in [0.15, 0.2) is 5.78 Å². The standard InChI is InChI=1S/C23H29ClN4O2S/c1-6-31-13-14(2)9-26-10-16(4)27(11-15(26)3)23(30)19-7-18-20(17(5)29)12-28(25)22(18)8-21(19)24/h6-8,12-13,15-16H,1,9-11,25H2,2-5H3/b14-13+/t15-,16?/m0/s1. The minimum Gasteiger partial charge on any atom is -0.339 e. The van der Waals surface area contributed by atoms with Crippen LogP contribution in [-0.2, 0) is 0 Å². The van der Waals surface area contributed by atoms with Gasteiger partial charge in [0, 0.05) is 48.9 Å². The quantitative estimate of drug-likeness (QED) is 0.506. The maximum atomic E-state index is 13.5. The van der Waals surface area contributed by atoms with Crippen molar-refractivity contribution in [3.63, 3.8) is 0 Å². The highest BCUT2D eigenvalue weighted by molar-refractivity contribution is 8.04. The lowest BCUT2D eigenvalue weighted by molar-refractivity contribution is 0.0348. The SMILES string of the molecule is C=CS/C=C(\C)CN1CC(C)N(C(=O)c2cc3c(C(C)=O)cn(N)c3cc2Cl)C[C@@H]1C. The van der Waals surface area contributed by atoms with Crippen molar-refractivity contribution in [2.45, 2.75) is 39.8 Å². The van der Waals surface area contributed by atoms with E-state index in [4.69, 9.17) is 17.4 Å². The van der Waals surface area contributed by atoms with Crippen LogP contribution in [0, 0.1) is 0 Å². The zero-order chi connectivity index (χ0) is 22.9. The summed E-state index contributed by atoms with van der Waals surface area (Å²) in [6.45, 7) is 13.7. The summed E-state index contributed by atoms with van der Waals surface area (Å²) in [6.07, 6.45) is 1.57. The van der Waals surface area contributed by atoms with Crippen LogP contribution in [0.4, 0.5) is 0 Å². The van der Waals surface area contributed by atoms with Crippen LogP contribution in [0.3, 0.4) is 0 Å². The maximum Gasteiger partial charge on any atom is 0.255 e. The highest BCUT2D eigenvalue weighted by atomic mass is 35.5. The second-order valence-electron chi connectivity index (χ2n) is 8.21. The molecule has 1 aromatic heterocycles. The summed E-state index contributed by atoms with van der Waals surface area (Å²) in [4.78, 5) is 29.7. The largest absolute Gasteiger partial charge is 0.339 e. The first-order chi connectivity index (χ1) is 14.6. The summed E-state index contributed by atoms with van der Waals surface area (Å²) >= 11 is 8.06. The Labute approximate surface area is 192 Å². The predicted molar refractivity (Wildman–Crippen MR) is 130 cm³/mol. The fourth-order valence-corrected chi connectivity index (χ4v) is 4.73. The number of Topliss-reactive ketones (excluding diaryl/α,β-unsaturated/α-hetero) is 1. The topological polar surface area (TPSA) is 71.6 Å². The van der Waals surface area contributed by atoms with E-state index in [1.807, 2.05) is 10.3 Å². The molecule has 0 spiro atoms. The molecule has 0 aliphatic carbocycles. The normalized spacial score (nSPS) is 20.3. The minimum atomic E-state index is -0.125. The van der Waals surface area contributed by atoms with E-state index >= 15 is 0 Å². The van der Waals surface area contributed by atoms with Crippen molar-refractivity contribution < 1.29 is 9.59 Å².